The number of nitrogens with zero attached hydrogens (tertiary/aromatic N) is 4. The fourth-order valence-corrected chi connectivity index (χ4v) is 4.51. The fourth-order valence-electron chi connectivity index (χ4n) is 3.64. The summed E-state index contributed by atoms with van der Waals surface area (Å²) < 4.78 is 0. The summed E-state index contributed by atoms with van der Waals surface area (Å²) in [6, 6.07) is 15.5. The van der Waals surface area contributed by atoms with Gasteiger partial charge in [0.2, 0.25) is 5.91 Å². The number of hydrogen-bond donors (Lipinski definition) is 1. The molecule has 2 amide bonds. The van der Waals surface area contributed by atoms with Gasteiger partial charge < -0.3 is 15.1 Å². The van der Waals surface area contributed by atoms with E-state index in [-0.39, 0.29) is 17.7 Å². The number of nitrogens with one attached hydrogen (secondary N) is 1. The van der Waals surface area contributed by atoms with Gasteiger partial charge in [-0.15, -0.1) is 11.3 Å². The molecule has 2 fully saturated rings. The molecule has 3 aromatic rings. The summed E-state index contributed by atoms with van der Waals surface area (Å²) in [5, 5.41) is 3.66. The van der Waals surface area contributed by atoms with Crippen LogP contribution in [-0.2, 0) is 4.79 Å². The van der Waals surface area contributed by atoms with Gasteiger partial charge in [0.15, 0.2) is 5.82 Å². The maximum atomic E-state index is 12.9. The molecule has 0 bridgehead atoms. The summed E-state index contributed by atoms with van der Waals surface area (Å²) in [6.07, 6.45) is 3.71. The van der Waals surface area contributed by atoms with Crippen LogP contribution in [0.2, 0.25) is 0 Å². The molecule has 158 valence electrons. The number of benzene rings is 1. The summed E-state index contributed by atoms with van der Waals surface area (Å²) >= 11 is 1.35. The van der Waals surface area contributed by atoms with E-state index in [1.54, 1.807) is 12.3 Å². The van der Waals surface area contributed by atoms with Crippen LogP contribution in [0.5, 0.6) is 0 Å². The van der Waals surface area contributed by atoms with Gasteiger partial charge in [-0.2, -0.15) is 0 Å². The minimum atomic E-state index is 0.0178. The molecule has 3 heterocycles. The van der Waals surface area contributed by atoms with Crippen LogP contribution >= 0.6 is 11.3 Å². The van der Waals surface area contributed by atoms with Crippen molar-refractivity contribution in [3.63, 3.8) is 0 Å². The van der Waals surface area contributed by atoms with E-state index >= 15 is 0 Å². The number of thiophene rings is 1. The monoisotopic (exact) mass is 433 g/mol. The Morgan fingerprint density at radius 1 is 0.968 bits per heavy atom. The lowest BCUT2D eigenvalue weighted by Crippen LogP contribution is -2.48. The van der Waals surface area contributed by atoms with E-state index in [2.05, 4.69) is 15.2 Å². The first-order valence-electron chi connectivity index (χ1n) is 10.5. The topological polar surface area (TPSA) is 78.4 Å². The molecule has 1 saturated carbocycles. The highest BCUT2D eigenvalue weighted by atomic mass is 32.1. The fraction of sp³-hybridized carbons (Fsp3) is 0.304. The van der Waals surface area contributed by atoms with Gasteiger partial charge in [0, 0.05) is 43.9 Å². The van der Waals surface area contributed by atoms with Gasteiger partial charge >= 0.3 is 0 Å². The van der Waals surface area contributed by atoms with Crippen LogP contribution in [0.25, 0.3) is 11.4 Å². The number of rotatable bonds is 5. The standard InChI is InChI=1S/C23H23N5O2S/c29-22(17-6-7-17)26-20-9-8-18(31-20)23(30)28-14-12-27(13-15-28)19-10-11-24-21(25-19)16-4-2-1-3-5-16/h1-5,8-11,17H,6-7,12-15H2,(H,26,29). The second-order valence-corrected chi connectivity index (χ2v) is 8.89. The van der Waals surface area contributed by atoms with Gasteiger partial charge in [-0.1, -0.05) is 30.3 Å². The predicted octanol–water partition coefficient (Wildman–Crippen LogP) is 3.52. The zero-order valence-corrected chi connectivity index (χ0v) is 17.8. The molecule has 7 nitrogen and oxygen atoms in total. The predicted molar refractivity (Wildman–Crippen MR) is 121 cm³/mol. The maximum Gasteiger partial charge on any atom is 0.264 e. The summed E-state index contributed by atoms with van der Waals surface area (Å²) in [7, 11) is 0. The molecule has 2 aromatic heterocycles. The van der Waals surface area contributed by atoms with Gasteiger partial charge in [-0.25, -0.2) is 9.97 Å². The molecule has 0 atom stereocenters. The largest absolute Gasteiger partial charge is 0.353 e. The minimum Gasteiger partial charge on any atom is -0.353 e. The van der Waals surface area contributed by atoms with Gasteiger partial charge in [0.25, 0.3) is 5.91 Å². The van der Waals surface area contributed by atoms with Crippen LogP contribution < -0.4 is 10.2 Å². The molecule has 1 N–H and O–H groups in total. The van der Waals surface area contributed by atoms with E-state index in [1.807, 2.05) is 47.4 Å². The van der Waals surface area contributed by atoms with Crippen molar-refractivity contribution in [3.05, 3.63) is 59.6 Å². The zero-order valence-electron chi connectivity index (χ0n) is 17.0. The van der Waals surface area contributed by atoms with E-state index in [1.165, 1.54) is 11.3 Å². The number of hydrogen-bond acceptors (Lipinski definition) is 6. The summed E-state index contributed by atoms with van der Waals surface area (Å²) in [5.41, 5.74) is 0.987. The zero-order chi connectivity index (χ0) is 21.2. The highest BCUT2D eigenvalue weighted by molar-refractivity contribution is 7.18. The first-order chi connectivity index (χ1) is 15.2. The number of piperazine rings is 1. The quantitative estimate of drug-likeness (QED) is 0.666. The SMILES string of the molecule is O=C(Nc1ccc(C(=O)N2CCN(c3ccnc(-c4ccccc4)n3)CC2)s1)C1CC1. The Hall–Kier alpha value is -3.26. The Balaban J connectivity index is 1.20. The molecule has 1 aromatic carbocycles. The van der Waals surface area contributed by atoms with E-state index in [4.69, 9.17) is 4.98 Å². The van der Waals surface area contributed by atoms with Gasteiger partial charge in [0.05, 0.1) is 9.88 Å². The summed E-state index contributed by atoms with van der Waals surface area (Å²) in [4.78, 5) is 38.7. The molecule has 2 aliphatic rings. The van der Waals surface area contributed by atoms with Crippen molar-refractivity contribution in [2.24, 2.45) is 5.92 Å². The second-order valence-electron chi connectivity index (χ2n) is 7.81. The van der Waals surface area contributed by atoms with Crippen LogP contribution in [0.15, 0.2) is 54.7 Å². The first kappa shape index (κ1) is 19.7. The third-order valence-electron chi connectivity index (χ3n) is 5.58. The number of carbonyl (C=O) groups excluding carboxylic acids is 2. The smallest absolute Gasteiger partial charge is 0.264 e. The summed E-state index contributed by atoms with van der Waals surface area (Å²) in [5.74, 6) is 1.81. The van der Waals surface area contributed by atoms with Crippen LogP contribution in [-0.4, -0.2) is 52.9 Å². The molecule has 5 rings (SSSR count). The van der Waals surface area contributed by atoms with Gasteiger partial charge in [0.1, 0.15) is 5.82 Å². The average Bonchev–Trinajstić information content (AvgIpc) is 3.59. The Morgan fingerprint density at radius 2 is 1.74 bits per heavy atom. The van der Waals surface area contributed by atoms with Crippen molar-refractivity contribution in [1.82, 2.24) is 14.9 Å². The third-order valence-corrected chi connectivity index (χ3v) is 6.56. The highest BCUT2D eigenvalue weighted by Gasteiger charge is 2.30. The number of carbonyl (C=O) groups is 2. The lowest BCUT2D eigenvalue weighted by molar-refractivity contribution is -0.117. The Kier molecular flexibility index (Phi) is 5.38. The van der Waals surface area contributed by atoms with Gasteiger partial charge in [-0.05, 0) is 31.0 Å². The van der Waals surface area contributed by atoms with Crippen molar-refractivity contribution in [2.75, 3.05) is 36.4 Å². The normalized spacial score (nSPS) is 16.3. The van der Waals surface area contributed by atoms with Crippen LogP contribution in [0.4, 0.5) is 10.8 Å². The lowest BCUT2D eigenvalue weighted by atomic mass is 10.2. The molecule has 31 heavy (non-hydrogen) atoms. The van der Waals surface area contributed by atoms with Crippen molar-refractivity contribution >= 4 is 34.0 Å². The first-order valence-corrected chi connectivity index (χ1v) is 11.3. The Labute approximate surface area is 184 Å². The molecule has 0 unspecified atom stereocenters. The van der Waals surface area contributed by atoms with Crippen molar-refractivity contribution in [3.8, 4) is 11.4 Å². The van der Waals surface area contributed by atoms with E-state index in [0.29, 0.717) is 36.9 Å². The van der Waals surface area contributed by atoms with Crippen molar-refractivity contribution in [2.45, 2.75) is 12.8 Å². The molecular formula is C23H23N5O2S. The van der Waals surface area contributed by atoms with Crippen LogP contribution in [0.1, 0.15) is 22.5 Å². The molecular weight excluding hydrogens is 410 g/mol. The van der Waals surface area contributed by atoms with Gasteiger partial charge in [-0.3, -0.25) is 9.59 Å². The van der Waals surface area contributed by atoms with E-state index in [0.717, 1.165) is 29.2 Å². The number of amides is 2. The second kappa shape index (κ2) is 8.47. The summed E-state index contributed by atoms with van der Waals surface area (Å²) in [6.45, 7) is 2.69. The molecule has 1 saturated heterocycles. The van der Waals surface area contributed by atoms with Crippen LogP contribution in [0.3, 0.4) is 0 Å². The van der Waals surface area contributed by atoms with Crippen molar-refractivity contribution < 1.29 is 9.59 Å². The number of aromatic nitrogens is 2. The Morgan fingerprint density at radius 3 is 2.48 bits per heavy atom. The number of anilines is 2. The van der Waals surface area contributed by atoms with E-state index < -0.39 is 0 Å². The molecule has 1 aliphatic carbocycles. The van der Waals surface area contributed by atoms with Crippen molar-refractivity contribution in [1.29, 1.82) is 0 Å². The molecule has 1 aliphatic heterocycles. The van der Waals surface area contributed by atoms with Crippen LogP contribution in [0, 0.1) is 5.92 Å². The maximum absolute atomic E-state index is 12.9. The Bertz CT molecular complexity index is 1090. The third kappa shape index (κ3) is 4.44. The highest BCUT2D eigenvalue weighted by Crippen LogP contribution is 2.32. The average molecular weight is 434 g/mol. The molecule has 0 radical (unpaired) electrons. The minimum absolute atomic E-state index is 0.0178. The molecule has 8 heteroatoms. The van der Waals surface area contributed by atoms with E-state index in [9.17, 15) is 9.59 Å². The lowest BCUT2D eigenvalue weighted by Gasteiger charge is -2.35. The molecule has 0 spiro atoms.